The molecule has 78 valence electrons. The fourth-order valence-electron chi connectivity index (χ4n) is 1.22. The summed E-state index contributed by atoms with van der Waals surface area (Å²) in [6.07, 6.45) is -0.767. The first-order chi connectivity index (χ1) is 7.06. The minimum absolute atomic E-state index is 0.333. The first-order valence-corrected chi connectivity index (χ1v) is 4.52. The van der Waals surface area contributed by atoms with Crippen LogP contribution < -0.4 is 5.73 Å². The van der Waals surface area contributed by atoms with Gasteiger partial charge in [-0.3, -0.25) is 0 Å². The topological polar surface area (TPSA) is 76.1 Å². The van der Waals surface area contributed by atoms with Gasteiger partial charge in [-0.15, -0.1) is 0 Å². The van der Waals surface area contributed by atoms with Gasteiger partial charge in [-0.2, -0.15) is 5.26 Å². The molecule has 0 radical (unpaired) electrons. The van der Waals surface area contributed by atoms with E-state index in [0.29, 0.717) is 11.3 Å². The van der Waals surface area contributed by atoms with Crippen LogP contribution >= 0.6 is 0 Å². The average molecular weight is 204 g/mol. The maximum absolute atomic E-state index is 11.6. The lowest BCUT2D eigenvalue weighted by Gasteiger charge is -2.10. The molecule has 1 unspecified atom stereocenters. The Bertz CT molecular complexity index is 401. The summed E-state index contributed by atoms with van der Waals surface area (Å²) < 4.78 is 4.87. The summed E-state index contributed by atoms with van der Waals surface area (Å²) in [5.74, 6) is -0.556. The van der Waals surface area contributed by atoms with Crippen LogP contribution in [-0.4, -0.2) is 12.1 Å². The van der Waals surface area contributed by atoms with Gasteiger partial charge in [0.25, 0.3) is 0 Å². The minimum Gasteiger partial charge on any atom is -0.444 e. The minimum atomic E-state index is -0.767. The number of nitrogens with zero attached hydrogens (tertiary/aromatic N) is 1. The molecule has 4 heteroatoms. The van der Waals surface area contributed by atoms with Gasteiger partial charge in [0.1, 0.15) is 6.07 Å². The number of nitrogen functional groups attached to an aromatic ring is 1. The normalized spacial score (nSPS) is 11.5. The third-order valence-corrected chi connectivity index (χ3v) is 1.97. The molecule has 0 aromatic heterocycles. The van der Waals surface area contributed by atoms with Gasteiger partial charge < -0.3 is 10.5 Å². The van der Waals surface area contributed by atoms with E-state index in [-0.39, 0.29) is 0 Å². The third-order valence-electron chi connectivity index (χ3n) is 1.97. The van der Waals surface area contributed by atoms with Crippen LogP contribution in [0.25, 0.3) is 0 Å². The second-order valence-corrected chi connectivity index (χ2v) is 3.22. The third kappa shape index (κ3) is 2.47. The van der Waals surface area contributed by atoms with Crippen molar-refractivity contribution in [2.45, 2.75) is 20.0 Å². The maximum atomic E-state index is 11.6. The summed E-state index contributed by atoms with van der Waals surface area (Å²) >= 11 is 0. The Hall–Kier alpha value is -2.02. The van der Waals surface area contributed by atoms with E-state index < -0.39 is 12.1 Å². The SMILES string of the molecule is Cc1cccc(N)c1C(=O)OC(C)C#N. The summed E-state index contributed by atoms with van der Waals surface area (Å²) in [6, 6.07) is 6.97. The predicted octanol–water partition coefficient (Wildman–Crippen LogP) is 1.65. The van der Waals surface area contributed by atoms with E-state index in [9.17, 15) is 4.79 Å². The predicted molar refractivity (Wildman–Crippen MR) is 56.1 cm³/mol. The zero-order chi connectivity index (χ0) is 11.4. The summed E-state index contributed by atoms with van der Waals surface area (Å²) in [5, 5.41) is 8.51. The number of anilines is 1. The van der Waals surface area contributed by atoms with E-state index in [0.717, 1.165) is 5.56 Å². The molecule has 0 saturated heterocycles. The van der Waals surface area contributed by atoms with Crippen LogP contribution in [0.15, 0.2) is 18.2 Å². The van der Waals surface area contributed by atoms with Crippen molar-refractivity contribution in [3.05, 3.63) is 29.3 Å². The molecular weight excluding hydrogens is 192 g/mol. The van der Waals surface area contributed by atoms with Crippen molar-refractivity contribution in [1.29, 1.82) is 5.26 Å². The monoisotopic (exact) mass is 204 g/mol. The van der Waals surface area contributed by atoms with Crippen LogP contribution in [0.1, 0.15) is 22.8 Å². The van der Waals surface area contributed by atoms with Crippen molar-refractivity contribution >= 4 is 11.7 Å². The van der Waals surface area contributed by atoms with Crippen molar-refractivity contribution in [2.24, 2.45) is 0 Å². The van der Waals surface area contributed by atoms with Gasteiger partial charge in [-0.25, -0.2) is 4.79 Å². The van der Waals surface area contributed by atoms with E-state index in [2.05, 4.69) is 0 Å². The number of nitrogens with two attached hydrogens (primary N) is 1. The molecule has 1 rings (SSSR count). The lowest BCUT2D eigenvalue weighted by molar-refractivity contribution is 0.0436. The van der Waals surface area contributed by atoms with Gasteiger partial charge in [0.2, 0.25) is 0 Å². The number of hydrogen-bond donors (Lipinski definition) is 1. The van der Waals surface area contributed by atoms with Crippen molar-refractivity contribution in [3.63, 3.8) is 0 Å². The zero-order valence-electron chi connectivity index (χ0n) is 8.65. The van der Waals surface area contributed by atoms with Crippen LogP contribution in [0, 0.1) is 18.3 Å². The van der Waals surface area contributed by atoms with E-state index in [4.69, 9.17) is 15.7 Å². The molecule has 4 nitrogen and oxygen atoms in total. The number of benzene rings is 1. The molecule has 0 heterocycles. The molecular formula is C11H12N2O2. The molecule has 0 aliphatic carbocycles. The Balaban J connectivity index is 2.97. The molecule has 0 saturated carbocycles. The molecule has 1 atom stereocenters. The number of rotatable bonds is 2. The van der Waals surface area contributed by atoms with Crippen LogP contribution in [0.5, 0.6) is 0 Å². The molecule has 0 bridgehead atoms. The maximum Gasteiger partial charge on any atom is 0.341 e. The Morgan fingerprint density at radius 3 is 2.80 bits per heavy atom. The van der Waals surface area contributed by atoms with Crippen molar-refractivity contribution in [2.75, 3.05) is 5.73 Å². The number of carbonyl (C=O) groups excluding carboxylic acids is 1. The van der Waals surface area contributed by atoms with Gasteiger partial charge >= 0.3 is 5.97 Å². The standard InChI is InChI=1S/C11H12N2O2/c1-7-4-3-5-9(13)10(7)11(14)15-8(2)6-12/h3-5,8H,13H2,1-2H3. The number of aryl methyl sites for hydroxylation is 1. The lowest BCUT2D eigenvalue weighted by atomic mass is 10.1. The van der Waals surface area contributed by atoms with Crippen LogP contribution in [-0.2, 0) is 4.74 Å². The fraction of sp³-hybridized carbons (Fsp3) is 0.273. The van der Waals surface area contributed by atoms with E-state index in [1.54, 1.807) is 25.1 Å². The quantitative estimate of drug-likeness (QED) is 0.587. The molecule has 15 heavy (non-hydrogen) atoms. The highest BCUT2D eigenvalue weighted by atomic mass is 16.5. The number of esters is 1. The van der Waals surface area contributed by atoms with Crippen LogP contribution in [0.3, 0.4) is 0 Å². The highest BCUT2D eigenvalue weighted by molar-refractivity contribution is 5.96. The number of hydrogen-bond acceptors (Lipinski definition) is 4. The van der Waals surface area contributed by atoms with Crippen molar-refractivity contribution in [1.82, 2.24) is 0 Å². The van der Waals surface area contributed by atoms with Gasteiger partial charge in [-0.1, -0.05) is 12.1 Å². The Morgan fingerprint density at radius 1 is 1.60 bits per heavy atom. The van der Waals surface area contributed by atoms with Gasteiger partial charge in [0.05, 0.1) is 5.56 Å². The summed E-state index contributed by atoms with van der Waals surface area (Å²) in [6.45, 7) is 3.27. The number of nitriles is 1. The van der Waals surface area contributed by atoms with Gasteiger partial charge in [0, 0.05) is 5.69 Å². The molecule has 1 aromatic rings. The molecule has 0 fully saturated rings. The smallest absolute Gasteiger partial charge is 0.341 e. The summed E-state index contributed by atoms with van der Waals surface area (Å²) in [4.78, 5) is 11.6. The fourth-order valence-corrected chi connectivity index (χ4v) is 1.22. The number of ether oxygens (including phenoxy) is 1. The largest absolute Gasteiger partial charge is 0.444 e. The Labute approximate surface area is 88.3 Å². The van der Waals surface area contributed by atoms with E-state index in [1.165, 1.54) is 6.92 Å². The molecule has 0 aliphatic rings. The Morgan fingerprint density at radius 2 is 2.27 bits per heavy atom. The molecule has 2 N–H and O–H groups in total. The van der Waals surface area contributed by atoms with Gasteiger partial charge in [0.15, 0.2) is 6.10 Å². The first-order valence-electron chi connectivity index (χ1n) is 4.52. The van der Waals surface area contributed by atoms with E-state index in [1.807, 2.05) is 6.07 Å². The summed E-state index contributed by atoms with van der Waals surface area (Å²) in [7, 11) is 0. The molecule has 0 spiro atoms. The Kier molecular flexibility index (Phi) is 3.29. The molecule has 0 amide bonds. The van der Waals surface area contributed by atoms with Crippen LogP contribution in [0.4, 0.5) is 5.69 Å². The highest BCUT2D eigenvalue weighted by Crippen LogP contribution is 2.17. The number of carbonyl (C=O) groups is 1. The van der Waals surface area contributed by atoms with Crippen molar-refractivity contribution < 1.29 is 9.53 Å². The second kappa shape index (κ2) is 4.47. The van der Waals surface area contributed by atoms with E-state index >= 15 is 0 Å². The highest BCUT2D eigenvalue weighted by Gasteiger charge is 2.16. The molecule has 1 aromatic carbocycles. The zero-order valence-corrected chi connectivity index (χ0v) is 8.65. The van der Waals surface area contributed by atoms with Crippen molar-refractivity contribution in [3.8, 4) is 6.07 Å². The molecule has 0 aliphatic heterocycles. The van der Waals surface area contributed by atoms with Gasteiger partial charge in [-0.05, 0) is 25.5 Å². The first kappa shape index (κ1) is 11.1. The summed E-state index contributed by atoms with van der Waals surface area (Å²) in [5.41, 5.74) is 7.10. The lowest BCUT2D eigenvalue weighted by Crippen LogP contribution is -2.15. The average Bonchev–Trinajstić information content (AvgIpc) is 2.17. The second-order valence-electron chi connectivity index (χ2n) is 3.22. The van der Waals surface area contributed by atoms with Crippen LogP contribution in [0.2, 0.25) is 0 Å².